The van der Waals surface area contributed by atoms with Gasteiger partial charge in [-0.2, -0.15) is 0 Å². The summed E-state index contributed by atoms with van der Waals surface area (Å²) < 4.78 is 0. The molecule has 0 spiro atoms. The third-order valence-corrected chi connectivity index (χ3v) is 3.46. The van der Waals surface area contributed by atoms with Crippen LogP contribution in [0.2, 0.25) is 0 Å². The smallest absolute Gasteiger partial charge is 0.250 e. The number of aliphatic hydroxyl groups excluding tert-OH is 1. The predicted octanol–water partition coefficient (Wildman–Crippen LogP) is 1.44. The van der Waals surface area contributed by atoms with E-state index >= 15 is 0 Å². The molecule has 3 nitrogen and oxygen atoms in total. The van der Waals surface area contributed by atoms with Crippen LogP contribution in [0.5, 0.6) is 0 Å². The molecule has 0 aliphatic carbocycles. The van der Waals surface area contributed by atoms with Crippen LogP contribution in [0, 0.1) is 6.92 Å². The first-order valence-electron chi connectivity index (χ1n) is 4.98. The van der Waals surface area contributed by atoms with Gasteiger partial charge in [0.1, 0.15) is 6.10 Å². The van der Waals surface area contributed by atoms with Gasteiger partial charge in [-0.1, -0.05) is 0 Å². The van der Waals surface area contributed by atoms with Crippen molar-refractivity contribution in [3.8, 4) is 0 Å². The van der Waals surface area contributed by atoms with Gasteiger partial charge in [-0.3, -0.25) is 4.79 Å². The largest absolute Gasteiger partial charge is 0.384 e. The summed E-state index contributed by atoms with van der Waals surface area (Å²) in [7, 11) is 1.72. The summed E-state index contributed by atoms with van der Waals surface area (Å²) in [4.78, 5) is 14.2. The van der Waals surface area contributed by atoms with Crippen LogP contribution in [0.1, 0.15) is 17.4 Å². The summed E-state index contributed by atoms with van der Waals surface area (Å²) in [5, 5.41) is 11.2. The molecular formula is C11H17NO2S. The van der Waals surface area contributed by atoms with Crippen molar-refractivity contribution in [2.75, 3.05) is 13.6 Å². The van der Waals surface area contributed by atoms with Crippen LogP contribution in [-0.4, -0.2) is 35.6 Å². The van der Waals surface area contributed by atoms with Crippen LogP contribution in [0.25, 0.3) is 0 Å². The normalized spacial score (nSPS) is 12.5. The SMILES string of the molecule is Cc1ccsc1CCN(C)C(=O)C(C)O. The molecule has 1 unspecified atom stereocenters. The van der Waals surface area contributed by atoms with Crippen molar-refractivity contribution in [3.63, 3.8) is 0 Å². The van der Waals surface area contributed by atoms with Crippen LogP contribution in [0.15, 0.2) is 11.4 Å². The molecule has 0 saturated carbocycles. The predicted molar refractivity (Wildman–Crippen MR) is 62.1 cm³/mol. The zero-order valence-corrected chi connectivity index (χ0v) is 10.2. The molecule has 4 heteroatoms. The van der Waals surface area contributed by atoms with Gasteiger partial charge in [0.2, 0.25) is 0 Å². The first kappa shape index (κ1) is 12.2. The second-order valence-electron chi connectivity index (χ2n) is 3.71. The van der Waals surface area contributed by atoms with E-state index in [4.69, 9.17) is 5.11 Å². The number of rotatable bonds is 4. The van der Waals surface area contributed by atoms with E-state index in [2.05, 4.69) is 18.4 Å². The quantitative estimate of drug-likeness (QED) is 0.845. The van der Waals surface area contributed by atoms with Crippen LogP contribution in [0.3, 0.4) is 0 Å². The van der Waals surface area contributed by atoms with Crippen molar-refractivity contribution in [1.29, 1.82) is 0 Å². The van der Waals surface area contributed by atoms with E-state index in [1.165, 1.54) is 17.4 Å². The van der Waals surface area contributed by atoms with Crippen molar-refractivity contribution in [2.24, 2.45) is 0 Å². The Kier molecular flexibility index (Phi) is 4.29. The highest BCUT2D eigenvalue weighted by molar-refractivity contribution is 7.10. The third-order valence-electron chi connectivity index (χ3n) is 2.38. The Labute approximate surface area is 94.3 Å². The molecule has 0 fully saturated rings. The minimum Gasteiger partial charge on any atom is -0.384 e. The van der Waals surface area contributed by atoms with Crippen molar-refractivity contribution in [2.45, 2.75) is 26.4 Å². The standard InChI is InChI=1S/C11H17NO2S/c1-8-5-7-15-10(8)4-6-12(3)11(14)9(2)13/h5,7,9,13H,4,6H2,1-3H3. The number of likely N-dealkylation sites (N-methyl/N-ethyl adjacent to an activating group) is 1. The lowest BCUT2D eigenvalue weighted by molar-refractivity contribution is -0.137. The van der Waals surface area contributed by atoms with Gasteiger partial charge in [0.05, 0.1) is 0 Å². The number of aryl methyl sites for hydroxylation is 1. The molecule has 1 heterocycles. The zero-order chi connectivity index (χ0) is 11.4. The molecule has 0 aromatic carbocycles. The number of carbonyl (C=O) groups excluding carboxylic acids is 1. The van der Waals surface area contributed by atoms with Crippen LogP contribution in [0.4, 0.5) is 0 Å². The van der Waals surface area contributed by atoms with Crippen molar-refractivity contribution in [3.05, 3.63) is 21.9 Å². The van der Waals surface area contributed by atoms with Gasteiger partial charge >= 0.3 is 0 Å². The van der Waals surface area contributed by atoms with Crippen molar-refractivity contribution >= 4 is 17.2 Å². The first-order chi connectivity index (χ1) is 7.02. The highest BCUT2D eigenvalue weighted by Crippen LogP contribution is 2.16. The number of thiophene rings is 1. The first-order valence-corrected chi connectivity index (χ1v) is 5.86. The van der Waals surface area contributed by atoms with Crippen LogP contribution >= 0.6 is 11.3 Å². The van der Waals surface area contributed by atoms with Gasteiger partial charge < -0.3 is 10.0 Å². The van der Waals surface area contributed by atoms with Gasteiger partial charge in [-0.15, -0.1) is 11.3 Å². The second kappa shape index (κ2) is 5.28. The fourth-order valence-corrected chi connectivity index (χ4v) is 2.26. The van der Waals surface area contributed by atoms with Gasteiger partial charge in [0.25, 0.3) is 5.91 Å². The molecule has 15 heavy (non-hydrogen) atoms. The molecule has 0 aliphatic rings. The number of hydrogen-bond donors (Lipinski definition) is 1. The minimum absolute atomic E-state index is 0.218. The van der Waals surface area contributed by atoms with Gasteiger partial charge in [-0.05, 0) is 37.3 Å². The van der Waals surface area contributed by atoms with E-state index in [0.29, 0.717) is 6.54 Å². The van der Waals surface area contributed by atoms with Crippen molar-refractivity contribution in [1.82, 2.24) is 4.90 Å². The van der Waals surface area contributed by atoms with E-state index in [1.54, 1.807) is 23.3 Å². The second-order valence-corrected chi connectivity index (χ2v) is 4.71. The summed E-state index contributed by atoms with van der Waals surface area (Å²) in [6, 6.07) is 2.08. The van der Waals surface area contributed by atoms with Crippen molar-refractivity contribution < 1.29 is 9.90 Å². The Morgan fingerprint density at radius 3 is 2.80 bits per heavy atom. The van der Waals surface area contributed by atoms with Gasteiger partial charge in [-0.25, -0.2) is 0 Å². The molecule has 1 N–H and O–H groups in total. The summed E-state index contributed by atoms with van der Waals surface area (Å²) in [5.41, 5.74) is 1.28. The molecule has 1 rings (SSSR count). The number of amides is 1. The molecule has 84 valence electrons. The maximum absolute atomic E-state index is 11.4. The van der Waals surface area contributed by atoms with E-state index < -0.39 is 6.10 Å². The molecule has 1 amide bonds. The molecule has 0 bridgehead atoms. The number of nitrogens with zero attached hydrogens (tertiary/aromatic N) is 1. The van der Waals surface area contributed by atoms with E-state index in [1.807, 2.05) is 0 Å². The molecule has 0 aliphatic heterocycles. The Morgan fingerprint density at radius 1 is 1.67 bits per heavy atom. The number of hydrogen-bond acceptors (Lipinski definition) is 3. The maximum Gasteiger partial charge on any atom is 0.250 e. The zero-order valence-electron chi connectivity index (χ0n) is 9.36. The lowest BCUT2D eigenvalue weighted by Crippen LogP contribution is -2.35. The fraction of sp³-hybridized carbons (Fsp3) is 0.545. The Hall–Kier alpha value is -0.870. The van der Waals surface area contributed by atoms with E-state index in [9.17, 15) is 4.79 Å². The average molecular weight is 227 g/mol. The van der Waals surface area contributed by atoms with Crippen LogP contribution < -0.4 is 0 Å². The molecule has 1 aromatic rings. The maximum atomic E-state index is 11.4. The Bertz CT molecular complexity index is 333. The summed E-state index contributed by atoms with van der Waals surface area (Å²) in [6.07, 6.45) is -0.0437. The lowest BCUT2D eigenvalue weighted by atomic mass is 10.2. The summed E-state index contributed by atoms with van der Waals surface area (Å²) in [6.45, 7) is 4.22. The van der Waals surface area contributed by atoms with E-state index in [0.717, 1.165) is 6.42 Å². The highest BCUT2D eigenvalue weighted by atomic mass is 32.1. The molecule has 1 atom stereocenters. The molecular weight excluding hydrogens is 210 g/mol. The topological polar surface area (TPSA) is 40.5 Å². The van der Waals surface area contributed by atoms with E-state index in [-0.39, 0.29) is 5.91 Å². The average Bonchev–Trinajstić information content (AvgIpc) is 2.59. The minimum atomic E-state index is -0.903. The fourth-order valence-electron chi connectivity index (χ4n) is 1.36. The summed E-state index contributed by atoms with van der Waals surface area (Å²) in [5.74, 6) is -0.218. The monoisotopic (exact) mass is 227 g/mol. The lowest BCUT2D eigenvalue weighted by Gasteiger charge is -2.18. The Balaban J connectivity index is 2.44. The number of aliphatic hydroxyl groups is 1. The third kappa shape index (κ3) is 3.32. The van der Waals surface area contributed by atoms with Gasteiger partial charge in [0.15, 0.2) is 0 Å². The molecule has 0 saturated heterocycles. The summed E-state index contributed by atoms with van der Waals surface area (Å²) >= 11 is 1.71. The highest BCUT2D eigenvalue weighted by Gasteiger charge is 2.14. The van der Waals surface area contributed by atoms with Crippen LogP contribution in [-0.2, 0) is 11.2 Å². The molecule has 1 aromatic heterocycles. The Morgan fingerprint density at radius 2 is 2.33 bits per heavy atom. The molecule has 0 radical (unpaired) electrons. The number of carbonyl (C=O) groups is 1. The van der Waals surface area contributed by atoms with Gasteiger partial charge in [0, 0.05) is 18.5 Å².